The minimum Gasteiger partial charge on any atom is -0.497 e. The van der Waals surface area contributed by atoms with Gasteiger partial charge < -0.3 is 14.8 Å². The second-order valence-corrected chi connectivity index (χ2v) is 6.31. The Balaban J connectivity index is 2.09. The Bertz CT molecular complexity index is 899. The SMILES string of the molecule is C[NH2+][C@H](c1cc(Cl)cc(Cl)c1OC)c1nnnn1-c1ccc(OC)cc1. The number of rotatable bonds is 6. The minimum atomic E-state index is -0.266. The number of ether oxygens (including phenoxy) is 2. The molecule has 9 heteroatoms. The third-order valence-electron chi connectivity index (χ3n) is 4.00. The van der Waals surface area contributed by atoms with E-state index in [1.165, 1.54) is 0 Å². The van der Waals surface area contributed by atoms with Gasteiger partial charge in [0.25, 0.3) is 0 Å². The van der Waals surface area contributed by atoms with Crippen LogP contribution in [0.1, 0.15) is 17.4 Å². The number of nitrogens with zero attached hydrogens (tertiary/aromatic N) is 4. The van der Waals surface area contributed by atoms with E-state index in [-0.39, 0.29) is 6.04 Å². The van der Waals surface area contributed by atoms with Gasteiger partial charge in [-0.1, -0.05) is 23.2 Å². The third-order valence-corrected chi connectivity index (χ3v) is 4.50. The highest BCUT2D eigenvalue weighted by Gasteiger charge is 2.28. The molecule has 2 N–H and O–H groups in total. The molecular formula is C17H18Cl2N5O2+. The molecule has 3 rings (SSSR count). The molecule has 0 unspecified atom stereocenters. The van der Waals surface area contributed by atoms with E-state index in [2.05, 4.69) is 15.5 Å². The number of aromatic nitrogens is 4. The Kier molecular flexibility index (Phi) is 5.61. The zero-order chi connectivity index (χ0) is 18.7. The molecule has 0 spiro atoms. The summed E-state index contributed by atoms with van der Waals surface area (Å²) >= 11 is 12.5. The van der Waals surface area contributed by atoms with Crippen LogP contribution in [0.5, 0.6) is 11.5 Å². The molecule has 0 aliphatic heterocycles. The molecule has 0 amide bonds. The van der Waals surface area contributed by atoms with E-state index in [1.807, 2.05) is 42.7 Å². The molecule has 136 valence electrons. The molecule has 0 radical (unpaired) electrons. The van der Waals surface area contributed by atoms with Crippen molar-refractivity contribution in [2.24, 2.45) is 0 Å². The standard InChI is InChI=1S/C17H17Cl2N5O2/c1-20-15(13-8-10(18)9-14(19)16(13)26-3)17-21-22-23-24(17)11-4-6-12(25-2)7-5-11/h4-9,15,20H,1-3H3/p+1/t15-/m1/s1. The van der Waals surface area contributed by atoms with Gasteiger partial charge >= 0.3 is 0 Å². The molecule has 0 bridgehead atoms. The van der Waals surface area contributed by atoms with Gasteiger partial charge in [-0.25, -0.2) is 0 Å². The van der Waals surface area contributed by atoms with Gasteiger partial charge in [-0.2, -0.15) is 4.68 Å². The van der Waals surface area contributed by atoms with E-state index in [4.69, 9.17) is 32.7 Å². The molecule has 3 aromatic rings. The van der Waals surface area contributed by atoms with Crippen LogP contribution in [-0.2, 0) is 0 Å². The van der Waals surface area contributed by atoms with Crippen LogP contribution < -0.4 is 14.8 Å². The third kappa shape index (κ3) is 3.46. The summed E-state index contributed by atoms with van der Waals surface area (Å²) in [5, 5.41) is 15.1. The molecule has 7 nitrogen and oxygen atoms in total. The first kappa shape index (κ1) is 18.4. The van der Waals surface area contributed by atoms with Gasteiger partial charge in [0.2, 0.25) is 5.82 Å². The quantitative estimate of drug-likeness (QED) is 0.693. The van der Waals surface area contributed by atoms with Gasteiger partial charge in [-0.05, 0) is 46.8 Å². The number of methoxy groups -OCH3 is 2. The lowest BCUT2D eigenvalue weighted by molar-refractivity contribution is -0.662. The molecule has 1 heterocycles. The van der Waals surface area contributed by atoms with Crippen LogP contribution in [-0.4, -0.2) is 41.5 Å². The Labute approximate surface area is 160 Å². The topological polar surface area (TPSA) is 78.7 Å². The summed E-state index contributed by atoms with van der Waals surface area (Å²) < 4.78 is 12.3. The van der Waals surface area contributed by atoms with Gasteiger partial charge in [0.05, 0.1) is 37.5 Å². The summed E-state index contributed by atoms with van der Waals surface area (Å²) in [7, 11) is 5.11. The second kappa shape index (κ2) is 7.90. The summed E-state index contributed by atoms with van der Waals surface area (Å²) in [6.07, 6.45) is 0. The fourth-order valence-electron chi connectivity index (χ4n) is 2.79. The van der Waals surface area contributed by atoms with E-state index in [9.17, 15) is 0 Å². The summed E-state index contributed by atoms with van der Waals surface area (Å²) in [5.41, 5.74) is 1.60. The first-order valence-corrected chi connectivity index (χ1v) is 8.59. The van der Waals surface area contributed by atoms with Crippen LogP contribution in [0, 0.1) is 0 Å². The van der Waals surface area contributed by atoms with Crippen molar-refractivity contribution in [3.8, 4) is 17.2 Å². The Morgan fingerprint density at radius 3 is 2.42 bits per heavy atom. The smallest absolute Gasteiger partial charge is 0.219 e. The van der Waals surface area contributed by atoms with Crippen LogP contribution in [0.2, 0.25) is 10.0 Å². The van der Waals surface area contributed by atoms with Crippen molar-refractivity contribution < 1.29 is 14.8 Å². The highest BCUT2D eigenvalue weighted by atomic mass is 35.5. The predicted octanol–water partition coefficient (Wildman–Crippen LogP) is 2.27. The Morgan fingerprint density at radius 1 is 1.08 bits per heavy atom. The first-order valence-electron chi connectivity index (χ1n) is 7.84. The lowest BCUT2D eigenvalue weighted by Crippen LogP contribution is -2.81. The van der Waals surface area contributed by atoms with Crippen LogP contribution in [0.3, 0.4) is 0 Å². The van der Waals surface area contributed by atoms with Crippen molar-refractivity contribution in [2.45, 2.75) is 6.04 Å². The summed E-state index contributed by atoms with van der Waals surface area (Å²) in [5.74, 6) is 1.92. The molecule has 1 atom stereocenters. The van der Waals surface area contributed by atoms with E-state index in [1.54, 1.807) is 25.0 Å². The van der Waals surface area contributed by atoms with Gasteiger partial charge in [-0.3, -0.25) is 0 Å². The van der Waals surface area contributed by atoms with Crippen molar-refractivity contribution >= 4 is 23.2 Å². The average molecular weight is 395 g/mol. The Hall–Kier alpha value is -2.35. The normalized spacial score (nSPS) is 12.0. The summed E-state index contributed by atoms with van der Waals surface area (Å²) in [6.45, 7) is 0. The maximum Gasteiger partial charge on any atom is 0.219 e. The van der Waals surface area contributed by atoms with Crippen molar-refractivity contribution in [3.63, 3.8) is 0 Å². The number of tetrazole rings is 1. The van der Waals surface area contributed by atoms with Crippen molar-refractivity contribution in [1.82, 2.24) is 20.2 Å². The predicted molar refractivity (Wildman–Crippen MR) is 98.4 cm³/mol. The largest absolute Gasteiger partial charge is 0.497 e. The van der Waals surface area contributed by atoms with Crippen LogP contribution >= 0.6 is 23.2 Å². The monoisotopic (exact) mass is 394 g/mol. The van der Waals surface area contributed by atoms with Gasteiger partial charge in [0.1, 0.15) is 11.5 Å². The molecule has 2 aromatic carbocycles. The molecule has 26 heavy (non-hydrogen) atoms. The summed E-state index contributed by atoms with van der Waals surface area (Å²) in [4.78, 5) is 0. The molecule has 0 aliphatic rings. The maximum atomic E-state index is 6.29. The van der Waals surface area contributed by atoms with Crippen molar-refractivity contribution in [3.05, 3.63) is 57.8 Å². The van der Waals surface area contributed by atoms with Gasteiger partial charge in [0, 0.05) is 5.02 Å². The molecule has 0 fully saturated rings. The van der Waals surface area contributed by atoms with Gasteiger partial charge in [-0.15, -0.1) is 5.10 Å². The lowest BCUT2D eigenvalue weighted by Gasteiger charge is -2.17. The number of hydrogen-bond acceptors (Lipinski definition) is 5. The molecule has 0 aliphatic carbocycles. The van der Waals surface area contributed by atoms with Crippen molar-refractivity contribution in [1.29, 1.82) is 0 Å². The molecule has 0 saturated heterocycles. The van der Waals surface area contributed by atoms with Crippen LogP contribution in [0.25, 0.3) is 5.69 Å². The number of halogens is 2. The molecule has 1 aromatic heterocycles. The summed E-state index contributed by atoms with van der Waals surface area (Å²) in [6, 6.07) is 10.7. The van der Waals surface area contributed by atoms with E-state index >= 15 is 0 Å². The minimum absolute atomic E-state index is 0.266. The van der Waals surface area contributed by atoms with Crippen LogP contribution in [0.4, 0.5) is 0 Å². The number of nitrogens with two attached hydrogens (primary N) is 1. The number of quaternary nitrogens is 1. The highest BCUT2D eigenvalue weighted by Crippen LogP contribution is 2.36. The highest BCUT2D eigenvalue weighted by molar-refractivity contribution is 6.35. The lowest BCUT2D eigenvalue weighted by atomic mass is 10.0. The number of benzene rings is 2. The molecule has 0 saturated carbocycles. The second-order valence-electron chi connectivity index (χ2n) is 5.47. The van der Waals surface area contributed by atoms with E-state index in [0.29, 0.717) is 21.6 Å². The van der Waals surface area contributed by atoms with Gasteiger partial charge in [0.15, 0.2) is 6.04 Å². The van der Waals surface area contributed by atoms with E-state index < -0.39 is 0 Å². The molecular weight excluding hydrogens is 377 g/mol. The van der Waals surface area contributed by atoms with Crippen molar-refractivity contribution in [2.75, 3.05) is 21.3 Å². The zero-order valence-electron chi connectivity index (χ0n) is 14.5. The fraction of sp³-hybridized carbons (Fsp3) is 0.235. The average Bonchev–Trinajstić information content (AvgIpc) is 3.11. The van der Waals surface area contributed by atoms with E-state index in [0.717, 1.165) is 17.0 Å². The number of hydrogen-bond donors (Lipinski definition) is 1. The Morgan fingerprint density at radius 2 is 1.81 bits per heavy atom. The van der Waals surface area contributed by atoms with Crippen LogP contribution in [0.15, 0.2) is 36.4 Å². The maximum absolute atomic E-state index is 6.29. The first-order chi connectivity index (χ1) is 12.6. The zero-order valence-corrected chi connectivity index (χ0v) is 16.0. The fourth-order valence-corrected chi connectivity index (χ4v) is 3.38.